The van der Waals surface area contributed by atoms with Crippen molar-refractivity contribution in [3.05, 3.63) is 54.1 Å². The van der Waals surface area contributed by atoms with Gasteiger partial charge < -0.3 is 15.7 Å². The lowest BCUT2D eigenvalue weighted by molar-refractivity contribution is -0.141. The molecule has 0 aromatic heterocycles. The molecule has 0 aliphatic carbocycles. The summed E-state index contributed by atoms with van der Waals surface area (Å²) < 4.78 is 0. The van der Waals surface area contributed by atoms with Gasteiger partial charge >= 0.3 is 5.97 Å². The van der Waals surface area contributed by atoms with Gasteiger partial charge in [0.15, 0.2) is 5.78 Å². The minimum absolute atomic E-state index is 0.126. The highest BCUT2D eigenvalue weighted by Gasteiger charge is 2.22. The fourth-order valence-corrected chi connectivity index (χ4v) is 3.50. The molecular formula is C26H34N2O4. The molecule has 0 heterocycles. The van der Waals surface area contributed by atoms with E-state index in [0.717, 1.165) is 36.0 Å². The van der Waals surface area contributed by atoms with Gasteiger partial charge in [0.2, 0.25) is 5.91 Å². The lowest BCUT2D eigenvalue weighted by Crippen LogP contribution is -2.42. The van der Waals surface area contributed by atoms with Gasteiger partial charge in [-0.05, 0) is 35.6 Å². The van der Waals surface area contributed by atoms with Crippen LogP contribution in [0.5, 0.6) is 0 Å². The summed E-state index contributed by atoms with van der Waals surface area (Å²) in [5.74, 6) is -1.23. The number of unbranched alkanes of at least 4 members (excludes halogenated alkanes) is 2. The van der Waals surface area contributed by atoms with Gasteiger partial charge in [0, 0.05) is 24.9 Å². The van der Waals surface area contributed by atoms with Gasteiger partial charge in [0.25, 0.3) is 0 Å². The zero-order valence-corrected chi connectivity index (χ0v) is 19.0. The van der Waals surface area contributed by atoms with Gasteiger partial charge in [0.1, 0.15) is 6.04 Å². The maximum absolute atomic E-state index is 12.3. The molecule has 0 aliphatic rings. The van der Waals surface area contributed by atoms with Crippen molar-refractivity contribution in [2.45, 2.75) is 64.8 Å². The third-order valence-electron chi connectivity index (χ3n) is 5.29. The van der Waals surface area contributed by atoms with Crippen LogP contribution < -0.4 is 10.6 Å². The standard InChI is InChI=1S/C26H34N2O4/c1-3-5-7-13-22(29)18-27-23-16-20(19-11-8-6-9-12-19)14-15-21(23)17-24(26(31)32)28-25(30)10-4-2/h6,8-9,11-12,14-16,24,27H,3-5,7,10,13,17-18H2,1-2H3,(H,28,30)(H,31,32). The minimum atomic E-state index is -1.08. The van der Waals surface area contributed by atoms with Crippen molar-refractivity contribution < 1.29 is 19.5 Å². The number of aliphatic carboxylic acids is 1. The minimum Gasteiger partial charge on any atom is -0.480 e. The van der Waals surface area contributed by atoms with Crippen LogP contribution >= 0.6 is 0 Å². The molecule has 0 fully saturated rings. The number of carboxylic acid groups (broad SMARTS) is 1. The Kier molecular flexibility index (Phi) is 10.4. The van der Waals surface area contributed by atoms with E-state index in [1.807, 2.05) is 55.5 Å². The third-order valence-corrected chi connectivity index (χ3v) is 5.29. The van der Waals surface area contributed by atoms with Crippen molar-refractivity contribution in [3.8, 4) is 11.1 Å². The van der Waals surface area contributed by atoms with Crippen molar-refractivity contribution >= 4 is 23.3 Å². The molecule has 1 atom stereocenters. The third kappa shape index (κ3) is 8.17. The summed E-state index contributed by atoms with van der Waals surface area (Å²) in [7, 11) is 0. The smallest absolute Gasteiger partial charge is 0.326 e. The molecule has 0 radical (unpaired) electrons. The first-order valence-electron chi connectivity index (χ1n) is 11.4. The number of rotatable bonds is 14. The molecule has 2 aromatic carbocycles. The number of benzene rings is 2. The molecule has 6 nitrogen and oxygen atoms in total. The number of carboxylic acids is 1. The van der Waals surface area contributed by atoms with Gasteiger partial charge in [-0.1, -0.05) is 69.2 Å². The van der Waals surface area contributed by atoms with E-state index < -0.39 is 12.0 Å². The van der Waals surface area contributed by atoms with Gasteiger partial charge in [0.05, 0.1) is 6.54 Å². The number of carbonyl (C=O) groups is 3. The molecular weight excluding hydrogens is 404 g/mol. The van der Waals surface area contributed by atoms with E-state index in [2.05, 4.69) is 17.6 Å². The SMILES string of the molecule is CCCCCC(=O)CNc1cc(-c2ccccc2)ccc1CC(NC(=O)CCC)C(=O)O. The number of hydrogen-bond acceptors (Lipinski definition) is 4. The Bertz CT molecular complexity index is 896. The van der Waals surface area contributed by atoms with Crippen LogP contribution in [0.15, 0.2) is 48.5 Å². The lowest BCUT2D eigenvalue weighted by Gasteiger charge is -2.18. The number of hydrogen-bond donors (Lipinski definition) is 3. The van der Waals surface area contributed by atoms with E-state index in [1.165, 1.54) is 0 Å². The molecule has 0 bridgehead atoms. The van der Waals surface area contributed by atoms with E-state index in [0.29, 0.717) is 18.5 Å². The van der Waals surface area contributed by atoms with E-state index in [9.17, 15) is 19.5 Å². The topological polar surface area (TPSA) is 95.5 Å². The first kappa shape index (κ1) is 25.1. The number of anilines is 1. The Morgan fingerprint density at radius 1 is 0.906 bits per heavy atom. The second-order valence-electron chi connectivity index (χ2n) is 8.00. The van der Waals surface area contributed by atoms with E-state index in [1.54, 1.807) is 0 Å². The normalized spacial score (nSPS) is 11.6. The van der Waals surface area contributed by atoms with Crippen LogP contribution in [0, 0.1) is 0 Å². The number of ketones is 1. The number of carbonyl (C=O) groups excluding carboxylic acids is 2. The summed E-state index contributed by atoms with van der Waals surface area (Å²) in [5, 5.41) is 15.4. The largest absolute Gasteiger partial charge is 0.480 e. The molecule has 0 saturated heterocycles. The predicted molar refractivity (Wildman–Crippen MR) is 128 cm³/mol. The Labute approximate surface area is 190 Å². The van der Waals surface area contributed by atoms with Gasteiger partial charge in [-0.25, -0.2) is 4.79 Å². The predicted octanol–water partition coefficient (Wildman–Crippen LogP) is 4.83. The van der Waals surface area contributed by atoms with E-state index in [-0.39, 0.29) is 31.1 Å². The summed E-state index contributed by atoms with van der Waals surface area (Å²) in [5.41, 5.74) is 3.46. The number of amides is 1. The summed E-state index contributed by atoms with van der Waals surface area (Å²) >= 11 is 0. The number of Topliss-reactive ketones (excluding diaryl/α,β-unsaturated/α-hetero) is 1. The average molecular weight is 439 g/mol. The Morgan fingerprint density at radius 2 is 1.66 bits per heavy atom. The zero-order valence-electron chi connectivity index (χ0n) is 19.0. The highest BCUT2D eigenvalue weighted by atomic mass is 16.4. The van der Waals surface area contributed by atoms with Gasteiger partial charge in [-0.15, -0.1) is 0 Å². The molecule has 172 valence electrons. The molecule has 32 heavy (non-hydrogen) atoms. The van der Waals surface area contributed by atoms with Crippen molar-refractivity contribution in [2.75, 3.05) is 11.9 Å². The van der Waals surface area contributed by atoms with Crippen molar-refractivity contribution in [3.63, 3.8) is 0 Å². The van der Waals surface area contributed by atoms with Gasteiger partial charge in [-0.3, -0.25) is 9.59 Å². The molecule has 3 N–H and O–H groups in total. The Hall–Kier alpha value is -3.15. The molecule has 0 aliphatic heterocycles. The Balaban J connectivity index is 2.24. The Morgan fingerprint density at radius 3 is 2.31 bits per heavy atom. The van der Waals surface area contributed by atoms with Gasteiger partial charge in [-0.2, -0.15) is 0 Å². The van der Waals surface area contributed by atoms with Crippen molar-refractivity contribution in [2.24, 2.45) is 0 Å². The fourth-order valence-electron chi connectivity index (χ4n) is 3.50. The highest BCUT2D eigenvalue weighted by molar-refractivity contribution is 5.85. The molecule has 6 heteroatoms. The zero-order chi connectivity index (χ0) is 23.3. The van der Waals surface area contributed by atoms with Crippen LogP contribution in [-0.4, -0.2) is 35.4 Å². The molecule has 1 unspecified atom stereocenters. The van der Waals surface area contributed by atoms with Crippen LogP contribution in [0.3, 0.4) is 0 Å². The second kappa shape index (κ2) is 13.3. The van der Waals surface area contributed by atoms with Crippen LogP contribution in [0.4, 0.5) is 5.69 Å². The quantitative estimate of drug-likeness (QED) is 0.367. The monoisotopic (exact) mass is 438 g/mol. The van der Waals surface area contributed by atoms with Crippen molar-refractivity contribution in [1.29, 1.82) is 0 Å². The maximum Gasteiger partial charge on any atom is 0.326 e. The highest BCUT2D eigenvalue weighted by Crippen LogP contribution is 2.27. The molecule has 0 saturated carbocycles. The first-order valence-corrected chi connectivity index (χ1v) is 11.4. The van der Waals surface area contributed by atoms with E-state index >= 15 is 0 Å². The fraction of sp³-hybridized carbons (Fsp3) is 0.423. The summed E-state index contributed by atoms with van der Waals surface area (Å²) in [6.07, 6.45) is 4.55. The average Bonchev–Trinajstić information content (AvgIpc) is 2.78. The first-order chi connectivity index (χ1) is 15.4. The molecule has 0 spiro atoms. The van der Waals surface area contributed by atoms with Crippen LogP contribution in [0.25, 0.3) is 11.1 Å². The summed E-state index contributed by atoms with van der Waals surface area (Å²) in [4.78, 5) is 36.0. The second-order valence-corrected chi connectivity index (χ2v) is 8.00. The summed E-state index contributed by atoms with van der Waals surface area (Å²) in [6.45, 7) is 4.16. The van der Waals surface area contributed by atoms with Crippen LogP contribution in [0.1, 0.15) is 57.9 Å². The number of nitrogens with one attached hydrogen (secondary N) is 2. The molecule has 1 amide bonds. The molecule has 2 rings (SSSR count). The van der Waals surface area contributed by atoms with Crippen LogP contribution in [-0.2, 0) is 20.8 Å². The maximum atomic E-state index is 12.3. The lowest BCUT2D eigenvalue weighted by atomic mass is 9.98. The van der Waals surface area contributed by atoms with Crippen LogP contribution in [0.2, 0.25) is 0 Å². The van der Waals surface area contributed by atoms with Crippen molar-refractivity contribution in [1.82, 2.24) is 5.32 Å². The molecule has 2 aromatic rings. The summed E-state index contributed by atoms with van der Waals surface area (Å²) in [6, 6.07) is 14.6. The van der Waals surface area contributed by atoms with E-state index in [4.69, 9.17) is 0 Å².